The van der Waals surface area contributed by atoms with Crippen LogP contribution >= 0.6 is 11.5 Å². The fraction of sp³-hybridized carbons (Fsp3) is 0.700. The van der Waals surface area contributed by atoms with Crippen molar-refractivity contribution in [3.05, 3.63) is 11.1 Å². The van der Waals surface area contributed by atoms with Crippen molar-refractivity contribution in [1.29, 1.82) is 0 Å². The van der Waals surface area contributed by atoms with Gasteiger partial charge < -0.3 is 5.73 Å². The summed E-state index contributed by atoms with van der Waals surface area (Å²) in [5, 5.41) is 0. The highest BCUT2D eigenvalue weighted by Crippen LogP contribution is 2.20. The first-order valence-corrected chi connectivity index (χ1v) is 6.05. The average molecular weight is 211 g/mol. The van der Waals surface area contributed by atoms with Crippen LogP contribution in [0.3, 0.4) is 0 Å². The van der Waals surface area contributed by atoms with E-state index in [-0.39, 0.29) is 0 Å². The van der Waals surface area contributed by atoms with Crippen LogP contribution in [0.25, 0.3) is 0 Å². The molecule has 2 rings (SSSR count). The van der Waals surface area contributed by atoms with E-state index >= 15 is 0 Å². The molecule has 0 aromatic carbocycles. The first-order chi connectivity index (χ1) is 6.86. The van der Waals surface area contributed by atoms with Gasteiger partial charge in [-0.2, -0.15) is 4.37 Å². The lowest BCUT2D eigenvalue weighted by Crippen LogP contribution is -2.23. The fourth-order valence-electron chi connectivity index (χ4n) is 1.89. The van der Waals surface area contributed by atoms with Crippen LogP contribution in [0.1, 0.15) is 30.6 Å². The van der Waals surface area contributed by atoms with E-state index in [1.807, 2.05) is 0 Å². The van der Waals surface area contributed by atoms with Crippen molar-refractivity contribution in [3.8, 4) is 0 Å². The molecule has 0 aliphatic carbocycles. The van der Waals surface area contributed by atoms with E-state index in [1.165, 1.54) is 55.2 Å². The van der Waals surface area contributed by atoms with Crippen LogP contribution in [-0.2, 0) is 6.54 Å². The summed E-state index contributed by atoms with van der Waals surface area (Å²) in [6, 6.07) is 0. The number of nitrogens with two attached hydrogens (primary N) is 1. The Hall–Kier alpha value is -0.610. The molecule has 3 nitrogen and oxygen atoms in total. The lowest BCUT2D eigenvalue weighted by Gasteiger charge is -2.18. The highest BCUT2D eigenvalue weighted by Gasteiger charge is 2.11. The van der Waals surface area contributed by atoms with Crippen LogP contribution in [0, 0.1) is 0 Å². The maximum absolute atomic E-state index is 5.82. The number of rotatable bonds is 2. The van der Waals surface area contributed by atoms with Crippen molar-refractivity contribution in [2.24, 2.45) is 0 Å². The van der Waals surface area contributed by atoms with Crippen molar-refractivity contribution in [2.45, 2.75) is 32.2 Å². The van der Waals surface area contributed by atoms with Gasteiger partial charge >= 0.3 is 0 Å². The molecule has 0 atom stereocenters. The van der Waals surface area contributed by atoms with Gasteiger partial charge in [-0.05, 0) is 37.5 Å². The van der Waals surface area contributed by atoms with Crippen LogP contribution in [0.2, 0.25) is 0 Å². The summed E-state index contributed by atoms with van der Waals surface area (Å²) in [7, 11) is 0. The Labute approximate surface area is 89.1 Å². The second-order valence-corrected chi connectivity index (χ2v) is 4.78. The summed E-state index contributed by atoms with van der Waals surface area (Å²) in [6.07, 6.45) is 7.19. The first kappa shape index (κ1) is 9.93. The van der Waals surface area contributed by atoms with E-state index in [0.717, 1.165) is 12.2 Å². The topological polar surface area (TPSA) is 42.1 Å². The number of hydrogen-bond donors (Lipinski definition) is 1. The largest absolute Gasteiger partial charge is 0.396 e. The Kier molecular flexibility index (Phi) is 3.37. The molecule has 1 fully saturated rings. The Balaban J connectivity index is 1.92. The summed E-state index contributed by atoms with van der Waals surface area (Å²) in [6.45, 7) is 3.44. The summed E-state index contributed by atoms with van der Waals surface area (Å²) in [5.74, 6) is 0. The van der Waals surface area contributed by atoms with Crippen LogP contribution in [-0.4, -0.2) is 22.4 Å². The van der Waals surface area contributed by atoms with Crippen molar-refractivity contribution < 1.29 is 0 Å². The Bertz CT molecular complexity index is 277. The van der Waals surface area contributed by atoms with Crippen molar-refractivity contribution in [3.63, 3.8) is 0 Å². The molecule has 1 aliphatic rings. The zero-order chi connectivity index (χ0) is 9.80. The second kappa shape index (κ2) is 4.75. The molecule has 2 heterocycles. The average Bonchev–Trinajstić information content (AvgIpc) is 2.44. The smallest absolute Gasteiger partial charge is 0.0672 e. The van der Waals surface area contributed by atoms with E-state index in [1.54, 1.807) is 6.20 Å². The molecule has 0 bridgehead atoms. The molecule has 14 heavy (non-hydrogen) atoms. The van der Waals surface area contributed by atoms with Gasteiger partial charge in [0.25, 0.3) is 0 Å². The summed E-state index contributed by atoms with van der Waals surface area (Å²) in [5.41, 5.74) is 6.68. The number of aromatic nitrogens is 1. The molecule has 0 spiro atoms. The second-order valence-electron chi connectivity index (χ2n) is 3.89. The number of hydrogen-bond acceptors (Lipinski definition) is 4. The van der Waals surface area contributed by atoms with Crippen molar-refractivity contribution >= 4 is 17.2 Å². The highest BCUT2D eigenvalue weighted by molar-refractivity contribution is 7.06. The minimum atomic E-state index is 0.860. The van der Waals surface area contributed by atoms with Gasteiger partial charge in [-0.15, -0.1) is 0 Å². The molecule has 1 aromatic rings. The molecular weight excluding hydrogens is 194 g/mol. The van der Waals surface area contributed by atoms with E-state index < -0.39 is 0 Å². The number of likely N-dealkylation sites (tertiary alicyclic amines) is 1. The van der Waals surface area contributed by atoms with E-state index in [4.69, 9.17) is 5.73 Å². The molecule has 0 amide bonds. The molecule has 4 heteroatoms. The van der Waals surface area contributed by atoms with Crippen LogP contribution in [0.15, 0.2) is 6.20 Å². The molecule has 1 aliphatic heterocycles. The fourth-order valence-corrected chi connectivity index (χ4v) is 2.58. The first-order valence-electron chi connectivity index (χ1n) is 5.27. The van der Waals surface area contributed by atoms with E-state index in [2.05, 4.69) is 9.27 Å². The lowest BCUT2D eigenvalue weighted by molar-refractivity contribution is 0.280. The molecule has 0 unspecified atom stereocenters. The normalized spacial score (nSPS) is 19.4. The number of nitrogens with zero attached hydrogens (tertiary/aromatic N) is 2. The Morgan fingerprint density at radius 3 is 2.57 bits per heavy atom. The van der Waals surface area contributed by atoms with Gasteiger partial charge in [0.15, 0.2) is 0 Å². The third-order valence-corrected chi connectivity index (χ3v) is 3.54. The van der Waals surface area contributed by atoms with Gasteiger partial charge in [-0.1, -0.05) is 12.8 Å². The third-order valence-electron chi connectivity index (χ3n) is 2.74. The molecule has 1 aromatic heterocycles. The summed E-state index contributed by atoms with van der Waals surface area (Å²) >= 11 is 1.53. The Morgan fingerprint density at radius 1 is 1.29 bits per heavy atom. The lowest BCUT2D eigenvalue weighted by atomic mass is 10.2. The molecule has 1 saturated heterocycles. The van der Waals surface area contributed by atoms with Crippen LogP contribution < -0.4 is 5.73 Å². The van der Waals surface area contributed by atoms with Crippen LogP contribution in [0.4, 0.5) is 5.69 Å². The highest BCUT2D eigenvalue weighted by atomic mass is 32.1. The summed E-state index contributed by atoms with van der Waals surface area (Å²) in [4.78, 5) is 3.73. The van der Waals surface area contributed by atoms with Crippen LogP contribution in [0.5, 0.6) is 0 Å². The molecule has 0 radical (unpaired) electrons. The summed E-state index contributed by atoms with van der Waals surface area (Å²) < 4.78 is 4.10. The third kappa shape index (κ3) is 2.45. The predicted molar refractivity (Wildman–Crippen MR) is 60.3 cm³/mol. The maximum Gasteiger partial charge on any atom is 0.0672 e. The van der Waals surface area contributed by atoms with Gasteiger partial charge in [0.2, 0.25) is 0 Å². The zero-order valence-electron chi connectivity index (χ0n) is 8.41. The van der Waals surface area contributed by atoms with Gasteiger partial charge in [-0.3, -0.25) is 4.90 Å². The van der Waals surface area contributed by atoms with Gasteiger partial charge in [0.1, 0.15) is 0 Å². The van der Waals surface area contributed by atoms with Crippen molar-refractivity contribution in [2.75, 3.05) is 18.8 Å². The minimum absolute atomic E-state index is 0.860. The molecule has 0 saturated carbocycles. The number of anilines is 1. The SMILES string of the molecule is Nc1cnsc1CN1CCCCCC1. The number of nitrogen functional groups attached to an aromatic ring is 1. The molecular formula is C10H17N3S. The van der Waals surface area contributed by atoms with Crippen molar-refractivity contribution in [1.82, 2.24) is 9.27 Å². The zero-order valence-corrected chi connectivity index (χ0v) is 9.22. The van der Waals surface area contributed by atoms with E-state index in [9.17, 15) is 0 Å². The van der Waals surface area contributed by atoms with Gasteiger partial charge in [-0.25, -0.2) is 0 Å². The molecule has 2 N–H and O–H groups in total. The van der Waals surface area contributed by atoms with E-state index in [0.29, 0.717) is 0 Å². The minimum Gasteiger partial charge on any atom is -0.396 e. The standard InChI is InChI=1S/C10H17N3S/c11-9-7-12-14-10(9)8-13-5-3-1-2-4-6-13/h7H,1-6,8,11H2. The predicted octanol–water partition coefficient (Wildman–Crippen LogP) is 2.10. The Morgan fingerprint density at radius 2 is 2.00 bits per heavy atom. The van der Waals surface area contributed by atoms with Gasteiger partial charge in [0, 0.05) is 6.54 Å². The maximum atomic E-state index is 5.82. The quantitative estimate of drug-likeness (QED) is 0.814. The molecule has 78 valence electrons. The van der Waals surface area contributed by atoms with Gasteiger partial charge in [0.05, 0.1) is 16.8 Å². The monoisotopic (exact) mass is 211 g/mol.